The second kappa shape index (κ2) is 8.96. The molecular weight excluding hydrogens is 472 g/mol. The van der Waals surface area contributed by atoms with Crippen LogP contribution >= 0.6 is 0 Å². The summed E-state index contributed by atoms with van der Waals surface area (Å²) in [6.07, 6.45) is 8.56. The fourth-order valence-corrected chi connectivity index (χ4v) is 9.66. The van der Waals surface area contributed by atoms with E-state index in [1.165, 1.54) is 0 Å². The van der Waals surface area contributed by atoms with Crippen LogP contribution in [0.15, 0.2) is 0 Å². The number of aliphatic carboxylic acids is 1. The third-order valence-electron chi connectivity index (χ3n) is 11.6. The Morgan fingerprint density at radius 3 is 2.32 bits per heavy atom. The van der Waals surface area contributed by atoms with Crippen LogP contribution in [0.3, 0.4) is 0 Å². The van der Waals surface area contributed by atoms with E-state index < -0.39 is 16.8 Å². The third-order valence-corrected chi connectivity index (χ3v) is 11.6. The number of carbonyl (C=O) groups is 3. The molecule has 1 N–H and O–H groups in total. The molecule has 1 saturated heterocycles. The predicted octanol–water partition coefficient (Wildman–Crippen LogP) is 4.85. The van der Waals surface area contributed by atoms with Gasteiger partial charge in [0.25, 0.3) is 0 Å². The smallest absolute Gasteiger partial charge is 0.312 e. The molecule has 5 saturated carbocycles. The molecule has 0 spiro atoms. The van der Waals surface area contributed by atoms with Crippen molar-refractivity contribution in [3.8, 4) is 0 Å². The highest BCUT2D eigenvalue weighted by molar-refractivity contribution is 5.80. The van der Waals surface area contributed by atoms with Crippen LogP contribution in [0.5, 0.6) is 0 Å². The van der Waals surface area contributed by atoms with Crippen LogP contribution in [0.2, 0.25) is 0 Å². The van der Waals surface area contributed by atoms with E-state index in [1.54, 1.807) is 0 Å². The summed E-state index contributed by atoms with van der Waals surface area (Å²) >= 11 is 0. The number of ether oxygens (including phenoxy) is 3. The largest absolute Gasteiger partial charge is 0.481 e. The number of carbonyl (C=O) groups excluding carboxylic acids is 2. The molecule has 7 heteroatoms. The number of esters is 2. The van der Waals surface area contributed by atoms with Crippen molar-refractivity contribution in [3.05, 3.63) is 0 Å². The lowest BCUT2D eigenvalue weighted by molar-refractivity contribution is -0.172. The molecule has 206 valence electrons. The SMILES string of the molecule is CCC(C)(CC(C)(C)C(=O)OCC1CCC2OC2C1)C(=O)OC1CC2CC1C1C3CC(CC3C(=O)O)C21. The van der Waals surface area contributed by atoms with E-state index in [2.05, 4.69) is 0 Å². The zero-order valence-corrected chi connectivity index (χ0v) is 22.8. The fraction of sp³-hybridized carbons (Fsp3) is 0.900. The number of fused-ring (bicyclic) bond motifs is 10. The van der Waals surface area contributed by atoms with Crippen LogP contribution in [0.4, 0.5) is 0 Å². The molecule has 0 aromatic rings. The molecule has 7 nitrogen and oxygen atoms in total. The van der Waals surface area contributed by atoms with Gasteiger partial charge >= 0.3 is 17.9 Å². The molecule has 6 aliphatic rings. The normalized spacial score (nSPS) is 44.6. The lowest BCUT2D eigenvalue weighted by Crippen LogP contribution is -2.44. The van der Waals surface area contributed by atoms with Gasteiger partial charge in [-0.3, -0.25) is 14.4 Å². The van der Waals surface area contributed by atoms with Gasteiger partial charge in [0.2, 0.25) is 0 Å². The van der Waals surface area contributed by atoms with Crippen molar-refractivity contribution < 1.29 is 33.7 Å². The molecule has 37 heavy (non-hydrogen) atoms. The molecule has 0 aromatic carbocycles. The van der Waals surface area contributed by atoms with Crippen molar-refractivity contribution in [1.29, 1.82) is 0 Å². The minimum absolute atomic E-state index is 0.117. The van der Waals surface area contributed by atoms with Crippen LogP contribution in [-0.2, 0) is 28.6 Å². The lowest BCUT2D eigenvalue weighted by Gasteiger charge is -2.41. The number of rotatable bonds is 9. The van der Waals surface area contributed by atoms with Gasteiger partial charge in [-0.2, -0.15) is 0 Å². The molecule has 12 atom stereocenters. The first-order valence-electron chi connectivity index (χ1n) is 14.8. The Hall–Kier alpha value is -1.63. The van der Waals surface area contributed by atoms with Gasteiger partial charge in [-0.1, -0.05) is 6.92 Å². The van der Waals surface area contributed by atoms with Gasteiger partial charge in [0, 0.05) is 0 Å². The molecule has 0 radical (unpaired) electrons. The number of carboxylic acid groups (broad SMARTS) is 1. The molecule has 0 amide bonds. The molecule has 6 fully saturated rings. The molecule has 1 heterocycles. The average molecular weight is 517 g/mol. The zero-order chi connectivity index (χ0) is 26.3. The third kappa shape index (κ3) is 4.31. The maximum atomic E-state index is 13.6. The summed E-state index contributed by atoms with van der Waals surface area (Å²) in [5.74, 6) is 1.70. The number of epoxide rings is 1. The van der Waals surface area contributed by atoms with Crippen molar-refractivity contribution in [1.82, 2.24) is 0 Å². The van der Waals surface area contributed by atoms with E-state index >= 15 is 0 Å². The zero-order valence-electron chi connectivity index (χ0n) is 22.8. The van der Waals surface area contributed by atoms with Gasteiger partial charge in [0.1, 0.15) is 6.10 Å². The van der Waals surface area contributed by atoms with Crippen LogP contribution in [-0.4, -0.2) is 47.9 Å². The molecule has 12 unspecified atom stereocenters. The Kier molecular flexibility index (Phi) is 6.21. The molecule has 6 rings (SSSR count). The molecule has 1 aliphatic heterocycles. The Bertz CT molecular complexity index is 960. The van der Waals surface area contributed by atoms with E-state index in [0.29, 0.717) is 67.2 Å². The van der Waals surface area contributed by atoms with Gasteiger partial charge in [0.05, 0.1) is 35.6 Å². The first-order chi connectivity index (χ1) is 17.5. The summed E-state index contributed by atoms with van der Waals surface area (Å²) in [6, 6.07) is 0. The van der Waals surface area contributed by atoms with Crippen LogP contribution in [0, 0.1) is 58.2 Å². The minimum atomic E-state index is -0.795. The van der Waals surface area contributed by atoms with E-state index in [1.807, 2.05) is 27.7 Å². The first kappa shape index (κ1) is 25.6. The first-order valence-corrected chi connectivity index (χ1v) is 14.8. The topological polar surface area (TPSA) is 102 Å². The van der Waals surface area contributed by atoms with Gasteiger partial charge in [-0.15, -0.1) is 0 Å². The van der Waals surface area contributed by atoms with Crippen LogP contribution in [0.1, 0.15) is 85.5 Å². The van der Waals surface area contributed by atoms with Crippen LogP contribution < -0.4 is 0 Å². The summed E-state index contributed by atoms with van der Waals surface area (Å²) in [5.41, 5.74) is -1.57. The summed E-state index contributed by atoms with van der Waals surface area (Å²) in [4.78, 5) is 38.5. The van der Waals surface area contributed by atoms with Gasteiger partial charge < -0.3 is 19.3 Å². The molecule has 5 aliphatic carbocycles. The Labute approximate surface area is 220 Å². The standard InChI is InChI=1S/C30H44O7/c1-5-30(4,14-29(2,3)27(33)35-13-15-6-7-21-23(8-15)36-21)28(34)37-22-12-17-11-20(22)25-18-9-16(24(17)25)10-19(18)26(31)32/h15-25H,5-14H2,1-4H3,(H,31,32). The molecule has 4 bridgehead atoms. The summed E-state index contributed by atoms with van der Waals surface area (Å²) in [7, 11) is 0. The minimum Gasteiger partial charge on any atom is -0.481 e. The van der Waals surface area contributed by atoms with E-state index in [0.717, 1.165) is 44.9 Å². The van der Waals surface area contributed by atoms with Crippen molar-refractivity contribution >= 4 is 17.9 Å². The lowest BCUT2D eigenvalue weighted by atomic mass is 9.66. The van der Waals surface area contributed by atoms with Crippen molar-refractivity contribution in [2.24, 2.45) is 58.2 Å². The highest BCUT2D eigenvalue weighted by Gasteiger charge is 2.66. The Morgan fingerprint density at radius 2 is 1.62 bits per heavy atom. The summed E-state index contributed by atoms with van der Waals surface area (Å²) < 4.78 is 17.6. The highest BCUT2D eigenvalue weighted by atomic mass is 16.6. The Morgan fingerprint density at radius 1 is 0.892 bits per heavy atom. The number of hydrogen-bond donors (Lipinski definition) is 1. The van der Waals surface area contributed by atoms with Crippen molar-refractivity contribution in [3.63, 3.8) is 0 Å². The van der Waals surface area contributed by atoms with Gasteiger partial charge in [-0.05, 0) is 120 Å². The summed E-state index contributed by atoms with van der Waals surface area (Å²) in [5, 5.41) is 9.73. The maximum absolute atomic E-state index is 13.6. The fourth-order valence-electron chi connectivity index (χ4n) is 9.66. The van der Waals surface area contributed by atoms with Gasteiger partial charge in [-0.25, -0.2) is 0 Å². The second-order valence-corrected chi connectivity index (χ2v) is 14.3. The van der Waals surface area contributed by atoms with Crippen molar-refractivity contribution in [2.75, 3.05) is 6.61 Å². The van der Waals surface area contributed by atoms with Crippen molar-refractivity contribution in [2.45, 2.75) is 104 Å². The quantitative estimate of drug-likeness (QED) is 0.265. The second-order valence-electron chi connectivity index (χ2n) is 14.3. The monoisotopic (exact) mass is 516 g/mol. The Balaban J connectivity index is 1.06. The highest BCUT2D eigenvalue weighted by Crippen LogP contribution is 2.69. The van der Waals surface area contributed by atoms with E-state index in [4.69, 9.17) is 14.2 Å². The average Bonchev–Trinajstić information content (AvgIpc) is 3.19. The number of hydrogen-bond acceptors (Lipinski definition) is 6. The van der Waals surface area contributed by atoms with E-state index in [-0.39, 0.29) is 29.9 Å². The predicted molar refractivity (Wildman–Crippen MR) is 134 cm³/mol. The van der Waals surface area contributed by atoms with Crippen LogP contribution in [0.25, 0.3) is 0 Å². The molecular formula is C30H44O7. The summed E-state index contributed by atoms with van der Waals surface area (Å²) in [6.45, 7) is 8.09. The van der Waals surface area contributed by atoms with Gasteiger partial charge in [0.15, 0.2) is 0 Å². The molecule has 0 aromatic heterocycles. The maximum Gasteiger partial charge on any atom is 0.312 e. The van der Waals surface area contributed by atoms with E-state index in [9.17, 15) is 19.5 Å². The number of carboxylic acids is 1.